The van der Waals surface area contributed by atoms with Gasteiger partial charge in [0.1, 0.15) is 5.75 Å². The highest BCUT2D eigenvalue weighted by Crippen LogP contribution is 2.20. The quantitative estimate of drug-likeness (QED) is 0.776. The van der Waals surface area contributed by atoms with E-state index in [4.69, 9.17) is 0 Å². The molecule has 0 radical (unpaired) electrons. The molecule has 0 fully saturated rings. The van der Waals surface area contributed by atoms with E-state index in [2.05, 4.69) is 36.3 Å². The Bertz CT molecular complexity index is 698. The predicted octanol–water partition coefficient (Wildman–Crippen LogP) is 3.35. The van der Waals surface area contributed by atoms with Gasteiger partial charge in [0, 0.05) is 11.5 Å². The molecule has 0 atom stereocenters. The van der Waals surface area contributed by atoms with Crippen LogP contribution < -0.4 is 0 Å². The minimum atomic E-state index is 0.274. The molecule has 3 rings (SSSR count). The minimum Gasteiger partial charge on any atom is -0.508 e. The SMILES string of the molecule is CCc1ccc(Cn2ncc3ccc(O)cc32)cc1. The molecule has 0 saturated heterocycles. The van der Waals surface area contributed by atoms with Gasteiger partial charge in [-0.25, -0.2) is 0 Å². The molecular formula is C16H16N2O. The molecule has 1 N–H and O–H groups in total. The van der Waals surface area contributed by atoms with E-state index in [-0.39, 0.29) is 5.75 Å². The summed E-state index contributed by atoms with van der Waals surface area (Å²) in [6, 6.07) is 13.9. The Morgan fingerprint density at radius 1 is 1.05 bits per heavy atom. The summed E-state index contributed by atoms with van der Waals surface area (Å²) in [5, 5.41) is 15.0. The second kappa shape index (κ2) is 4.76. The molecule has 3 nitrogen and oxygen atoms in total. The van der Waals surface area contributed by atoms with Crippen molar-refractivity contribution in [3.8, 4) is 5.75 Å². The van der Waals surface area contributed by atoms with Crippen LogP contribution >= 0.6 is 0 Å². The Morgan fingerprint density at radius 2 is 1.79 bits per heavy atom. The number of fused-ring (bicyclic) bond motifs is 1. The number of phenols is 1. The molecule has 0 unspecified atom stereocenters. The summed E-state index contributed by atoms with van der Waals surface area (Å²) in [5.74, 6) is 0.274. The van der Waals surface area contributed by atoms with Gasteiger partial charge in [-0.1, -0.05) is 31.2 Å². The van der Waals surface area contributed by atoms with Gasteiger partial charge in [-0.15, -0.1) is 0 Å². The van der Waals surface area contributed by atoms with E-state index in [0.29, 0.717) is 0 Å². The maximum absolute atomic E-state index is 9.57. The third-order valence-corrected chi connectivity index (χ3v) is 3.39. The van der Waals surface area contributed by atoms with Gasteiger partial charge in [0.2, 0.25) is 0 Å². The number of aryl methyl sites for hydroxylation is 1. The first-order valence-electron chi connectivity index (χ1n) is 6.48. The molecule has 0 bridgehead atoms. The molecule has 0 amide bonds. The van der Waals surface area contributed by atoms with Crippen molar-refractivity contribution in [1.29, 1.82) is 0 Å². The van der Waals surface area contributed by atoms with Crippen molar-refractivity contribution in [3.63, 3.8) is 0 Å². The molecule has 96 valence electrons. The lowest BCUT2D eigenvalue weighted by atomic mass is 10.1. The molecule has 0 aliphatic rings. The zero-order chi connectivity index (χ0) is 13.2. The third kappa shape index (κ3) is 2.32. The summed E-state index contributed by atoms with van der Waals surface area (Å²) >= 11 is 0. The van der Waals surface area contributed by atoms with Crippen LogP contribution in [0.4, 0.5) is 0 Å². The van der Waals surface area contributed by atoms with Gasteiger partial charge in [0.25, 0.3) is 0 Å². The van der Waals surface area contributed by atoms with Crippen molar-refractivity contribution in [1.82, 2.24) is 9.78 Å². The van der Waals surface area contributed by atoms with E-state index in [0.717, 1.165) is 23.9 Å². The topological polar surface area (TPSA) is 38.0 Å². The van der Waals surface area contributed by atoms with E-state index in [1.165, 1.54) is 11.1 Å². The van der Waals surface area contributed by atoms with Crippen LogP contribution in [0.3, 0.4) is 0 Å². The second-order valence-corrected chi connectivity index (χ2v) is 4.72. The van der Waals surface area contributed by atoms with Crippen LogP contribution in [0.25, 0.3) is 10.9 Å². The molecular weight excluding hydrogens is 236 g/mol. The maximum Gasteiger partial charge on any atom is 0.117 e. The molecule has 0 aliphatic heterocycles. The van der Waals surface area contributed by atoms with Gasteiger partial charge in [0.15, 0.2) is 0 Å². The fourth-order valence-electron chi connectivity index (χ4n) is 2.24. The molecule has 0 aliphatic carbocycles. The summed E-state index contributed by atoms with van der Waals surface area (Å²) in [5.41, 5.74) is 3.51. The van der Waals surface area contributed by atoms with E-state index in [1.807, 2.05) is 16.9 Å². The summed E-state index contributed by atoms with van der Waals surface area (Å²) in [7, 11) is 0. The first kappa shape index (κ1) is 11.8. The lowest BCUT2D eigenvalue weighted by Crippen LogP contribution is -2.01. The predicted molar refractivity (Wildman–Crippen MR) is 76.3 cm³/mol. The summed E-state index contributed by atoms with van der Waals surface area (Å²) in [6.07, 6.45) is 2.88. The minimum absolute atomic E-state index is 0.274. The molecule has 1 heterocycles. The highest BCUT2D eigenvalue weighted by molar-refractivity contribution is 5.80. The highest BCUT2D eigenvalue weighted by atomic mass is 16.3. The molecule has 3 heteroatoms. The number of aromatic nitrogens is 2. The Morgan fingerprint density at radius 3 is 2.53 bits per heavy atom. The fraction of sp³-hybridized carbons (Fsp3) is 0.188. The van der Waals surface area contributed by atoms with Gasteiger partial charge in [0.05, 0.1) is 18.3 Å². The van der Waals surface area contributed by atoms with Crippen molar-refractivity contribution in [2.24, 2.45) is 0 Å². The maximum atomic E-state index is 9.57. The second-order valence-electron chi connectivity index (χ2n) is 4.72. The number of phenolic OH excluding ortho intramolecular Hbond substituents is 1. The van der Waals surface area contributed by atoms with Gasteiger partial charge in [-0.05, 0) is 29.7 Å². The standard InChI is InChI=1S/C16H16N2O/c1-2-12-3-5-13(6-4-12)11-18-16-9-15(19)8-7-14(16)10-17-18/h3-10,19H,2,11H2,1H3. The van der Waals surface area contributed by atoms with Gasteiger partial charge in [-0.2, -0.15) is 5.10 Å². The van der Waals surface area contributed by atoms with E-state index < -0.39 is 0 Å². The lowest BCUT2D eigenvalue weighted by Gasteiger charge is -2.05. The van der Waals surface area contributed by atoms with Crippen LogP contribution in [0.1, 0.15) is 18.1 Å². The monoisotopic (exact) mass is 252 g/mol. The number of nitrogens with zero attached hydrogens (tertiary/aromatic N) is 2. The molecule has 3 aromatic rings. The summed E-state index contributed by atoms with van der Waals surface area (Å²) in [4.78, 5) is 0. The average Bonchev–Trinajstić information content (AvgIpc) is 2.82. The molecule has 1 aromatic heterocycles. The Labute approximate surface area is 112 Å². The number of rotatable bonds is 3. The number of aromatic hydroxyl groups is 1. The zero-order valence-corrected chi connectivity index (χ0v) is 10.9. The highest BCUT2D eigenvalue weighted by Gasteiger charge is 2.04. The van der Waals surface area contributed by atoms with Crippen LogP contribution in [0, 0.1) is 0 Å². The third-order valence-electron chi connectivity index (χ3n) is 3.39. The van der Waals surface area contributed by atoms with Gasteiger partial charge in [-0.3, -0.25) is 4.68 Å². The van der Waals surface area contributed by atoms with Crippen molar-refractivity contribution >= 4 is 10.9 Å². The van der Waals surface area contributed by atoms with Crippen LogP contribution in [0.2, 0.25) is 0 Å². The van der Waals surface area contributed by atoms with Crippen molar-refractivity contribution in [3.05, 3.63) is 59.8 Å². The largest absolute Gasteiger partial charge is 0.508 e. The van der Waals surface area contributed by atoms with E-state index in [9.17, 15) is 5.11 Å². The molecule has 0 spiro atoms. The summed E-state index contributed by atoms with van der Waals surface area (Å²) in [6.45, 7) is 2.87. The van der Waals surface area contributed by atoms with Crippen LogP contribution in [0.15, 0.2) is 48.7 Å². The first-order chi connectivity index (χ1) is 9.26. The van der Waals surface area contributed by atoms with Gasteiger partial charge < -0.3 is 5.11 Å². The number of benzene rings is 2. The smallest absolute Gasteiger partial charge is 0.117 e. The summed E-state index contributed by atoms with van der Waals surface area (Å²) < 4.78 is 1.91. The van der Waals surface area contributed by atoms with E-state index >= 15 is 0 Å². The first-order valence-corrected chi connectivity index (χ1v) is 6.48. The Balaban J connectivity index is 1.93. The molecule has 0 saturated carbocycles. The number of hydrogen-bond acceptors (Lipinski definition) is 2. The molecule has 2 aromatic carbocycles. The lowest BCUT2D eigenvalue weighted by molar-refractivity contribution is 0.475. The average molecular weight is 252 g/mol. The van der Waals surface area contributed by atoms with Crippen molar-refractivity contribution in [2.45, 2.75) is 19.9 Å². The zero-order valence-electron chi connectivity index (χ0n) is 10.9. The van der Waals surface area contributed by atoms with Crippen LogP contribution in [-0.4, -0.2) is 14.9 Å². The van der Waals surface area contributed by atoms with Crippen molar-refractivity contribution < 1.29 is 5.11 Å². The fourth-order valence-corrected chi connectivity index (χ4v) is 2.24. The normalized spacial score (nSPS) is 11.0. The molecule has 19 heavy (non-hydrogen) atoms. The van der Waals surface area contributed by atoms with Gasteiger partial charge >= 0.3 is 0 Å². The van der Waals surface area contributed by atoms with Crippen molar-refractivity contribution in [2.75, 3.05) is 0 Å². The van der Waals surface area contributed by atoms with Crippen LogP contribution in [-0.2, 0) is 13.0 Å². The number of hydrogen-bond donors (Lipinski definition) is 1. The Kier molecular flexibility index (Phi) is 2.95. The van der Waals surface area contributed by atoms with E-state index in [1.54, 1.807) is 12.1 Å². The Hall–Kier alpha value is -2.29. The van der Waals surface area contributed by atoms with Crippen LogP contribution in [0.5, 0.6) is 5.75 Å².